The zero-order valence-electron chi connectivity index (χ0n) is 12.9. The summed E-state index contributed by atoms with van der Waals surface area (Å²) in [5.74, 6) is -0.972. The quantitative estimate of drug-likeness (QED) is 0.785. The molecule has 1 aromatic rings. The summed E-state index contributed by atoms with van der Waals surface area (Å²) in [6, 6.07) is 4.20. The molecule has 0 saturated carbocycles. The Balaban J connectivity index is 2.85. The number of hydrogen-bond donors (Lipinski definition) is 1. The molecule has 1 N–H and O–H groups in total. The van der Waals surface area contributed by atoms with Gasteiger partial charge in [0.15, 0.2) is 11.6 Å². The van der Waals surface area contributed by atoms with Crippen LogP contribution in [-0.4, -0.2) is 31.6 Å². The summed E-state index contributed by atoms with van der Waals surface area (Å²) in [6.07, 6.45) is 0.960. The molecule has 0 spiro atoms. The van der Waals surface area contributed by atoms with Gasteiger partial charge in [-0.25, -0.2) is 8.78 Å². The third kappa shape index (κ3) is 5.17. The number of nitrogens with one attached hydrogen (secondary N) is 1. The summed E-state index contributed by atoms with van der Waals surface area (Å²) in [4.78, 5) is 2.16. The molecule has 0 radical (unpaired) electrons. The standard InChI is InChI=1S/C16H26F2N2/c1-5-9-19-15(11-20(4)10-12(2)3)13-7-6-8-14(17)16(13)18/h6-8,12,15,19H,5,9-11H2,1-4H3. The summed E-state index contributed by atoms with van der Waals surface area (Å²) in [7, 11) is 2.01. The second kappa shape index (κ2) is 8.32. The number of benzene rings is 1. The molecule has 0 aliphatic heterocycles. The summed E-state index contributed by atoms with van der Waals surface area (Å²) in [5.41, 5.74) is 0.411. The zero-order valence-corrected chi connectivity index (χ0v) is 12.9. The van der Waals surface area contributed by atoms with Crippen molar-refractivity contribution in [1.82, 2.24) is 10.2 Å². The molecule has 1 rings (SSSR count). The van der Waals surface area contributed by atoms with E-state index in [4.69, 9.17) is 0 Å². The lowest BCUT2D eigenvalue weighted by atomic mass is 10.0. The topological polar surface area (TPSA) is 15.3 Å². The van der Waals surface area contributed by atoms with Crippen LogP contribution >= 0.6 is 0 Å². The van der Waals surface area contributed by atoms with Crippen LogP contribution in [0.2, 0.25) is 0 Å². The first-order valence-corrected chi connectivity index (χ1v) is 7.31. The number of halogens is 2. The van der Waals surface area contributed by atoms with E-state index in [2.05, 4.69) is 31.0 Å². The molecule has 0 saturated heterocycles. The molecule has 1 aromatic carbocycles. The first kappa shape index (κ1) is 17.1. The molecular formula is C16H26F2N2. The van der Waals surface area contributed by atoms with Gasteiger partial charge in [-0.15, -0.1) is 0 Å². The highest BCUT2D eigenvalue weighted by molar-refractivity contribution is 5.23. The average molecular weight is 284 g/mol. The van der Waals surface area contributed by atoms with Crippen LogP contribution in [0.15, 0.2) is 18.2 Å². The van der Waals surface area contributed by atoms with Crippen LogP contribution in [0.4, 0.5) is 8.78 Å². The molecule has 20 heavy (non-hydrogen) atoms. The molecule has 0 bridgehead atoms. The molecule has 0 aliphatic carbocycles. The highest BCUT2D eigenvalue weighted by Crippen LogP contribution is 2.20. The second-order valence-electron chi connectivity index (χ2n) is 5.76. The Labute approximate surface area is 121 Å². The fourth-order valence-electron chi connectivity index (χ4n) is 2.39. The Bertz CT molecular complexity index is 407. The number of hydrogen-bond acceptors (Lipinski definition) is 2. The molecule has 2 nitrogen and oxygen atoms in total. The minimum absolute atomic E-state index is 0.186. The van der Waals surface area contributed by atoms with E-state index >= 15 is 0 Å². The lowest BCUT2D eigenvalue weighted by Gasteiger charge is -2.27. The molecule has 0 aliphatic rings. The maximum Gasteiger partial charge on any atom is 0.163 e. The minimum Gasteiger partial charge on any atom is -0.309 e. The van der Waals surface area contributed by atoms with Crippen LogP contribution in [0.25, 0.3) is 0 Å². The minimum atomic E-state index is -0.780. The van der Waals surface area contributed by atoms with E-state index in [-0.39, 0.29) is 6.04 Å². The average Bonchev–Trinajstić information content (AvgIpc) is 2.37. The van der Waals surface area contributed by atoms with Gasteiger partial charge in [-0.2, -0.15) is 0 Å². The maximum atomic E-state index is 14.0. The van der Waals surface area contributed by atoms with Crippen molar-refractivity contribution in [1.29, 1.82) is 0 Å². The molecule has 0 amide bonds. The first-order valence-electron chi connectivity index (χ1n) is 7.31. The molecule has 1 atom stereocenters. The van der Waals surface area contributed by atoms with E-state index in [0.717, 1.165) is 25.6 Å². The number of nitrogens with zero attached hydrogens (tertiary/aromatic N) is 1. The molecule has 114 valence electrons. The first-order chi connectivity index (χ1) is 9.45. The van der Waals surface area contributed by atoms with Crippen molar-refractivity contribution in [2.45, 2.75) is 33.2 Å². The largest absolute Gasteiger partial charge is 0.309 e. The van der Waals surface area contributed by atoms with E-state index in [1.165, 1.54) is 0 Å². The SMILES string of the molecule is CCCNC(CN(C)CC(C)C)c1cccc(F)c1F. The highest BCUT2D eigenvalue weighted by atomic mass is 19.2. The fourth-order valence-corrected chi connectivity index (χ4v) is 2.39. The van der Waals surface area contributed by atoms with Crippen LogP contribution < -0.4 is 5.32 Å². The van der Waals surface area contributed by atoms with E-state index in [1.54, 1.807) is 12.1 Å². The third-order valence-corrected chi connectivity index (χ3v) is 3.17. The normalized spacial score (nSPS) is 13.2. The molecule has 1 unspecified atom stereocenters. The van der Waals surface area contributed by atoms with E-state index in [1.807, 2.05) is 7.05 Å². The Morgan fingerprint density at radius 3 is 2.50 bits per heavy atom. The summed E-state index contributed by atoms with van der Waals surface area (Å²) in [5, 5.41) is 3.31. The van der Waals surface area contributed by atoms with Crippen molar-refractivity contribution in [3.05, 3.63) is 35.4 Å². The van der Waals surface area contributed by atoms with Crippen LogP contribution in [0.5, 0.6) is 0 Å². The van der Waals surface area contributed by atoms with Gasteiger partial charge in [-0.05, 0) is 32.0 Å². The lowest BCUT2D eigenvalue weighted by Crippen LogP contribution is -2.35. The van der Waals surface area contributed by atoms with E-state index in [0.29, 0.717) is 18.0 Å². The van der Waals surface area contributed by atoms with Gasteiger partial charge in [0.25, 0.3) is 0 Å². The Morgan fingerprint density at radius 1 is 1.20 bits per heavy atom. The van der Waals surface area contributed by atoms with Gasteiger partial charge >= 0.3 is 0 Å². The van der Waals surface area contributed by atoms with Crippen molar-refractivity contribution in [2.24, 2.45) is 5.92 Å². The van der Waals surface area contributed by atoms with Gasteiger partial charge in [0.2, 0.25) is 0 Å². The maximum absolute atomic E-state index is 14.0. The summed E-state index contributed by atoms with van der Waals surface area (Å²) < 4.78 is 27.4. The molecular weight excluding hydrogens is 258 g/mol. The Kier molecular flexibility index (Phi) is 7.10. The Hall–Kier alpha value is -1.00. The van der Waals surface area contributed by atoms with Crippen LogP contribution in [0.1, 0.15) is 38.8 Å². The predicted octanol–water partition coefficient (Wildman–Crippen LogP) is 3.59. The van der Waals surface area contributed by atoms with Crippen molar-refractivity contribution >= 4 is 0 Å². The second-order valence-corrected chi connectivity index (χ2v) is 5.76. The van der Waals surface area contributed by atoms with Gasteiger partial charge in [-0.3, -0.25) is 0 Å². The summed E-state index contributed by atoms with van der Waals surface area (Å²) >= 11 is 0. The van der Waals surface area contributed by atoms with Crippen molar-refractivity contribution < 1.29 is 8.78 Å². The van der Waals surface area contributed by atoms with Crippen LogP contribution in [0, 0.1) is 17.6 Å². The smallest absolute Gasteiger partial charge is 0.163 e. The van der Waals surface area contributed by atoms with E-state index in [9.17, 15) is 8.78 Å². The third-order valence-electron chi connectivity index (χ3n) is 3.17. The van der Waals surface area contributed by atoms with Gasteiger partial charge in [0, 0.05) is 24.7 Å². The molecule has 0 aromatic heterocycles. The van der Waals surface area contributed by atoms with Crippen LogP contribution in [-0.2, 0) is 0 Å². The zero-order chi connectivity index (χ0) is 15.1. The van der Waals surface area contributed by atoms with Gasteiger partial charge < -0.3 is 10.2 Å². The van der Waals surface area contributed by atoms with Crippen molar-refractivity contribution in [3.8, 4) is 0 Å². The van der Waals surface area contributed by atoms with Gasteiger partial charge in [0.1, 0.15) is 0 Å². The molecule has 0 heterocycles. The monoisotopic (exact) mass is 284 g/mol. The number of rotatable bonds is 8. The highest BCUT2D eigenvalue weighted by Gasteiger charge is 2.19. The van der Waals surface area contributed by atoms with Crippen LogP contribution in [0.3, 0.4) is 0 Å². The molecule has 4 heteroatoms. The molecule has 0 fully saturated rings. The Morgan fingerprint density at radius 2 is 1.90 bits per heavy atom. The fraction of sp³-hybridized carbons (Fsp3) is 0.625. The van der Waals surface area contributed by atoms with E-state index < -0.39 is 11.6 Å². The number of likely N-dealkylation sites (N-methyl/N-ethyl adjacent to an activating group) is 1. The van der Waals surface area contributed by atoms with Crippen molar-refractivity contribution in [2.75, 3.05) is 26.7 Å². The van der Waals surface area contributed by atoms with Gasteiger partial charge in [0.05, 0.1) is 0 Å². The lowest BCUT2D eigenvalue weighted by molar-refractivity contribution is 0.259. The van der Waals surface area contributed by atoms with Gasteiger partial charge in [-0.1, -0.05) is 32.9 Å². The summed E-state index contributed by atoms with van der Waals surface area (Å²) in [6.45, 7) is 8.74. The van der Waals surface area contributed by atoms with Crippen molar-refractivity contribution in [3.63, 3.8) is 0 Å². The predicted molar refractivity (Wildman–Crippen MR) is 79.7 cm³/mol.